The summed E-state index contributed by atoms with van der Waals surface area (Å²) >= 11 is 2.06. The smallest absolute Gasteiger partial charge is 0.219 e. The number of carbonyl (C=O) groups is 2. The Hall–Kier alpha value is -2.37. The molecule has 0 spiro atoms. The molecule has 0 aliphatic heterocycles. The summed E-state index contributed by atoms with van der Waals surface area (Å²) in [4.78, 5) is 24.3. The van der Waals surface area contributed by atoms with Gasteiger partial charge in [0, 0.05) is 15.4 Å². The fraction of sp³-hybridized carbons (Fsp3) is 0.0476. The summed E-state index contributed by atoms with van der Waals surface area (Å²) in [6, 6.07) is 12.0. The van der Waals surface area contributed by atoms with Gasteiger partial charge in [0.05, 0.1) is 0 Å². The van der Waals surface area contributed by atoms with E-state index in [-0.39, 0.29) is 10.2 Å². The minimum absolute atomic E-state index is 0.113. The van der Waals surface area contributed by atoms with Crippen molar-refractivity contribution in [3.8, 4) is 0 Å². The zero-order valence-electron chi connectivity index (χ0n) is 14.2. The quantitative estimate of drug-likeness (QED) is 0.348. The lowest BCUT2D eigenvalue weighted by atomic mass is 10.1. The van der Waals surface area contributed by atoms with Gasteiger partial charge in [0.25, 0.3) is 0 Å². The summed E-state index contributed by atoms with van der Waals surface area (Å²) in [5.74, 6) is -0.399. The van der Waals surface area contributed by atoms with Crippen LogP contribution in [0.3, 0.4) is 0 Å². The van der Waals surface area contributed by atoms with Crippen LogP contribution in [-0.4, -0.2) is 10.2 Å². The van der Waals surface area contributed by atoms with E-state index in [2.05, 4.69) is 13.2 Å². The number of hydrogen-bond acceptors (Lipinski definition) is 4. The normalized spacial score (nSPS) is 10.7. The Morgan fingerprint density at radius 3 is 2.23 bits per heavy atom. The summed E-state index contributed by atoms with van der Waals surface area (Å²) in [5, 5.41) is -0.293. The van der Waals surface area contributed by atoms with Gasteiger partial charge < -0.3 is 0 Å². The third-order valence-corrected chi connectivity index (χ3v) is 5.15. The molecule has 0 saturated carbocycles. The molecular formula is C21H17FO2S2. The largest absolute Gasteiger partial charge is 0.282 e. The third kappa shape index (κ3) is 5.86. The van der Waals surface area contributed by atoms with Crippen molar-refractivity contribution in [3.63, 3.8) is 0 Å². The van der Waals surface area contributed by atoms with Gasteiger partial charge in [-0.25, -0.2) is 4.39 Å². The second-order valence-corrected chi connectivity index (χ2v) is 7.50. The molecular weight excluding hydrogens is 367 g/mol. The van der Waals surface area contributed by atoms with Crippen LogP contribution < -0.4 is 0 Å². The van der Waals surface area contributed by atoms with Crippen LogP contribution in [-0.2, 0) is 9.59 Å². The Labute approximate surface area is 160 Å². The maximum atomic E-state index is 14.2. The lowest BCUT2D eigenvalue weighted by molar-refractivity contribution is -0.108. The Kier molecular flexibility index (Phi) is 7.18. The molecule has 2 rings (SSSR count). The summed E-state index contributed by atoms with van der Waals surface area (Å²) in [6.07, 6.45) is 4.72. The van der Waals surface area contributed by atoms with E-state index < -0.39 is 5.82 Å². The number of rotatable bonds is 6. The van der Waals surface area contributed by atoms with E-state index in [1.54, 1.807) is 31.2 Å². The van der Waals surface area contributed by atoms with Crippen LogP contribution in [0, 0.1) is 5.82 Å². The SMILES string of the molecule is C=CC(=O)Sc1ccc(C=Cc2ccc(SC(=O)C(=C)C)cc2F)cc1. The highest BCUT2D eigenvalue weighted by Crippen LogP contribution is 2.25. The average Bonchev–Trinajstić information content (AvgIpc) is 2.62. The zero-order valence-corrected chi connectivity index (χ0v) is 15.8. The molecule has 132 valence electrons. The van der Waals surface area contributed by atoms with E-state index in [9.17, 15) is 14.0 Å². The summed E-state index contributed by atoms with van der Waals surface area (Å²) in [5.41, 5.74) is 1.74. The predicted octanol–water partition coefficient (Wildman–Crippen LogP) is 6.00. The summed E-state index contributed by atoms with van der Waals surface area (Å²) in [7, 11) is 0. The number of hydrogen-bond donors (Lipinski definition) is 0. The van der Waals surface area contributed by atoms with E-state index in [0.717, 1.165) is 34.0 Å². The van der Waals surface area contributed by atoms with Gasteiger partial charge in [0.15, 0.2) is 0 Å². The van der Waals surface area contributed by atoms with Crippen LogP contribution in [0.25, 0.3) is 12.2 Å². The van der Waals surface area contributed by atoms with E-state index in [1.807, 2.05) is 24.3 Å². The van der Waals surface area contributed by atoms with E-state index in [4.69, 9.17) is 0 Å². The molecule has 0 aliphatic carbocycles. The number of benzene rings is 2. The van der Waals surface area contributed by atoms with E-state index in [1.165, 1.54) is 12.1 Å². The number of carbonyl (C=O) groups excluding carboxylic acids is 2. The minimum atomic E-state index is -0.399. The third-order valence-electron chi connectivity index (χ3n) is 3.25. The topological polar surface area (TPSA) is 34.1 Å². The molecule has 0 unspecified atom stereocenters. The van der Waals surface area contributed by atoms with Crippen LogP contribution >= 0.6 is 23.5 Å². The van der Waals surface area contributed by atoms with E-state index in [0.29, 0.717) is 16.0 Å². The van der Waals surface area contributed by atoms with Crippen molar-refractivity contribution in [3.05, 3.63) is 84.2 Å². The van der Waals surface area contributed by atoms with Crippen molar-refractivity contribution in [1.82, 2.24) is 0 Å². The van der Waals surface area contributed by atoms with Crippen LogP contribution in [0.5, 0.6) is 0 Å². The fourth-order valence-corrected chi connectivity index (χ4v) is 3.17. The summed E-state index contributed by atoms with van der Waals surface area (Å²) < 4.78 is 14.2. The first-order chi connectivity index (χ1) is 12.4. The molecule has 0 amide bonds. The first-order valence-corrected chi connectivity index (χ1v) is 9.32. The van der Waals surface area contributed by atoms with Crippen LogP contribution in [0.4, 0.5) is 4.39 Å². The Morgan fingerprint density at radius 2 is 1.65 bits per heavy atom. The molecule has 0 heterocycles. The van der Waals surface area contributed by atoms with Crippen molar-refractivity contribution < 1.29 is 14.0 Å². The second-order valence-electron chi connectivity index (χ2n) is 5.38. The van der Waals surface area contributed by atoms with Gasteiger partial charge >= 0.3 is 0 Å². The number of halogens is 1. The molecule has 2 aromatic rings. The van der Waals surface area contributed by atoms with Crippen molar-refractivity contribution in [1.29, 1.82) is 0 Å². The molecule has 26 heavy (non-hydrogen) atoms. The van der Waals surface area contributed by atoms with Crippen molar-refractivity contribution in [2.24, 2.45) is 0 Å². The first kappa shape index (κ1) is 19.9. The van der Waals surface area contributed by atoms with Crippen molar-refractivity contribution in [2.45, 2.75) is 16.7 Å². The minimum Gasteiger partial charge on any atom is -0.282 e. The van der Waals surface area contributed by atoms with Crippen LogP contribution in [0.1, 0.15) is 18.1 Å². The monoisotopic (exact) mass is 384 g/mol. The first-order valence-electron chi connectivity index (χ1n) is 7.68. The fourth-order valence-electron chi connectivity index (χ4n) is 1.89. The molecule has 2 nitrogen and oxygen atoms in total. The predicted molar refractivity (Wildman–Crippen MR) is 109 cm³/mol. The van der Waals surface area contributed by atoms with Gasteiger partial charge in [-0.2, -0.15) is 0 Å². The van der Waals surface area contributed by atoms with Gasteiger partial charge in [0.1, 0.15) is 5.82 Å². The Balaban J connectivity index is 2.08. The lowest BCUT2D eigenvalue weighted by Crippen LogP contribution is -1.92. The van der Waals surface area contributed by atoms with Crippen molar-refractivity contribution >= 4 is 45.9 Å². The number of thioether (sulfide) groups is 2. The maximum Gasteiger partial charge on any atom is 0.219 e. The average molecular weight is 384 g/mol. The maximum absolute atomic E-state index is 14.2. The molecule has 0 N–H and O–H groups in total. The Bertz CT molecular complexity index is 883. The molecule has 2 aromatic carbocycles. The zero-order chi connectivity index (χ0) is 19.1. The molecule has 0 radical (unpaired) electrons. The second kappa shape index (κ2) is 9.36. The molecule has 0 fully saturated rings. The summed E-state index contributed by atoms with van der Waals surface area (Å²) in [6.45, 7) is 8.64. The van der Waals surface area contributed by atoms with Gasteiger partial charge in [-0.1, -0.05) is 43.5 Å². The standard InChI is InChI=1S/C21H17FO2S2/c1-4-20(23)25-17-10-6-15(7-11-17)5-8-16-9-12-18(13-19(16)22)26-21(24)14(2)3/h4-13H,1-2H2,3H3. The highest BCUT2D eigenvalue weighted by Gasteiger charge is 2.08. The Morgan fingerprint density at radius 1 is 1.00 bits per heavy atom. The van der Waals surface area contributed by atoms with E-state index >= 15 is 0 Å². The lowest BCUT2D eigenvalue weighted by Gasteiger charge is -2.03. The van der Waals surface area contributed by atoms with Gasteiger partial charge in [-0.15, -0.1) is 0 Å². The highest BCUT2D eigenvalue weighted by atomic mass is 32.2. The van der Waals surface area contributed by atoms with Crippen molar-refractivity contribution in [2.75, 3.05) is 0 Å². The van der Waals surface area contributed by atoms with Gasteiger partial charge in [-0.05, 0) is 71.9 Å². The molecule has 0 saturated heterocycles. The molecule has 0 atom stereocenters. The molecule has 0 aliphatic rings. The molecule has 0 aromatic heterocycles. The van der Waals surface area contributed by atoms with Crippen LogP contribution in [0.2, 0.25) is 0 Å². The van der Waals surface area contributed by atoms with Crippen LogP contribution in [0.15, 0.2) is 77.1 Å². The molecule has 5 heteroatoms. The van der Waals surface area contributed by atoms with Gasteiger partial charge in [0.2, 0.25) is 10.2 Å². The highest BCUT2D eigenvalue weighted by molar-refractivity contribution is 8.14. The molecule has 0 bridgehead atoms. The van der Waals surface area contributed by atoms with Gasteiger partial charge in [-0.3, -0.25) is 9.59 Å².